The molecule has 1 amide bonds. The third-order valence-electron chi connectivity index (χ3n) is 4.86. The van der Waals surface area contributed by atoms with Crippen LogP contribution in [0.15, 0.2) is 51.8 Å². The lowest BCUT2D eigenvalue weighted by molar-refractivity contribution is -0.116. The smallest absolute Gasteiger partial charge is 0.244 e. The van der Waals surface area contributed by atoms with E-state index in [9.17, 15) is 13.2 Å². The number of anilines is 1. The van der Waals surface area contributed by atoms with Gasteiger partial charge in [-0.1, -0.05) is 37.3 Å². The molecule has 0 bridgehead atoms. The van der Waals surface area contributed by atoms with Gasteiger partial charge < -0.3 is 4.90 Å². The average Bonchev–Trinajstić information content (AvgIpc) is 2.94. The summed E-state index contributed by atoms with van der Waals surface area (Å²) in [4.78, 5) is 13.9. The van der Waals surface area contributed by atoms with Gasteiger partial charge >= 0.3 is 0 Å². The Labute approximate surface area is 169 Å². The number of fused-ring (bicyclic) bond motifs is 1. The van der Waals surface area contributed by atoms with Crippen molar-refractivity contribution in [3.63, 3.8) is 0 Å². The normalized spacial score (nSPS) is 16.6. The maximum atomic E-state index is 13.3. The van der Waals surface area contributed by atoms with Crippen LogP contribution in [0.1, 0.15) is 31.9 Å². The third kappa shape index (κ3) is 3.81. The Morgan fingerprint density at radius 3 is 2.52 bits per heavy atom. The van der Waals surface area contributed by atoms with Crippen LogP contribution in [0.5, 0.6) is 0 Å². The van der Waals surface area contributed by atoms with E-state index in [0.717, 1.165) is 17.5 Å². The first-order valence-corrected chi connectivity index (χ1v) is 11.1. The van der Waals surface area contributed by atoms with E-state index in [1.54, 1.807) is 11.0 Å². The molecule has 2 aromatic carbocycles. The highest BCUT2D eigenvalue weighted by atomic mass is 79.9. The van der Waals surface area contributed by atoms with Crippen LogP contribution in [0.4, 0.5) is 5.69 Å². The fourth-order valence-corrected chi connectivity index (χ4v) is 6.10. The highest BCUT2D eigenvalue weighted by Crippen LogP contribution is 2.39. The van der Waals surface area contributed by atoms with Crippen LogP contribution in [0.25, 0.3) is 0 Å². The molecular weight excluding hydrogens is 428 g/mol. The largest absolute Gasteiger partial charge is 0.309 e. The number of carbonyl (C=O) groups excluding carboxylic acids is 1. The second kappa shape index (κ2) is 7.73. The number of rotatable bonds is 5. The predicted octanol–water partition coefficient (Wildman–Crippen LogP) is 3.96. The quantitative estimate of drug-likeness (QED) is 0.692. The molecule has 0 saturated heterocycles. The van der Waals surface area contributed by atoms with Gasteiger partial charge in [-0.2, -0.15) is 4.31 Å². The zero-order valence-electron chi connectivity index (χ0n) is 15.6. The second-order valence-corrected chi connectivity index (χ2v) is 9.53. The Bertz CT molecular complexity index is 961. The Hall–Kier alpha value is -1.70. The van der Waals surface area contributed by atoms with E-state index in [0.29, 0.717) is 23.2 Å². The molecule has 144 valence electrons. The lowest BCUT2D eigenvalue weighted by atomic mass is 10.1. The van der Waals surface area contributed by atoms with Crippen LogP contribution in [-0.4, -0.2) is 31.2 Å². The van der Waals surface area contributed by atoms with Crippen LogP contribution in [0.2, 0.25) is 0 Å². The minimum Gasteiger partial charge on any atom is -0.309 e. The van der Waals surface area contributed by atoms with Crippen molar-refractivity contribution in [2.24, 2.45) is 0 Å². The van der Waals surface area contributed by atoms with E-state index in [2.05, 4.69) is 15.9 Å². The Balaban J connectivity index is 2.03. The van der Waals surface area contributed by atoms with Crippen molar-refractivity contribution in [2.45, 2.75) is 44.7 Å². The molecule has 2 aromatic rings. The number of benzene rings is 2. The average molecular weight is 451 g/mol. The van der Waals surface area contributed by atoms with Gasteiger partial charge in [0, 0.05) is 36.2 Å². The third-order valence-corrected chi connectivity index (χ3v) is 7.74. The minimum absolute atomic E-state index is 0.0222. The maximum Gasteiger partial charge on any atom is 0.244 e. The van der Waals surface area contributed by atoms with Crippen LogP contribution in [-0.2, 0) is 27.8 Å². The second-order valence-electron chi connectivity index (χ2n) is 6.77. The molecule has 1 atom stereocenters. The topological polar surface area (TPSA) is 57.7 Å². The zero-order chi connectivity index (χ0) is 19.8. The van der Waals surface area contributed by atoms with Crippen molar-refractivity contribution in [3.8, 4) is 0 Å². The van der Waals surface area contributed by atoms with Gasteiger partial charge in [-0.25, -0.2) is 8.42 Å². The Morgan fingerprint density at radius 2 is 1.93 bits per heavy atom. The fraction of sp³-hybridized carbons (Fsp3) is 0.350. The van der Waals surface area contributed by atoms with Crippen molar-refractivity contribution < 1.29 is 13.2 Å². The molecule has 27 heavy (non-hydrogen) atoms. The first kappa shape index (κ1) is 20.0. The number of nitrogens with zero attached hydrogens (tertiary/aromatic N) is 2. The summed E-state index contributed by atoms with van der Waals surface area (Å²) >= 11 is 3.44. The van der Waals surface area contributed by atoms with Crippen LogP contribution in [0.3, 0.4) is 0 Å². The molecule has 1 heterocycles. The van der Waals surface area contributed by atoms with Gasteiger partial charge in [0.25, 0.3) is 0 Å². The first-order chi connectivity index (χ1) is 12.8. The standard InChI is InChI=1S/C20H23BrN2O3S/c1-4-22(13-16-8-6-5-7-9-16)27(25,26)20-12-19-17(11-18(20)21)10-14(2)23(19)15(3)24/h5-9,11-12,14H,4,10,13H2,1-3H3/t14-/m1/s1. The molecule has 0 aromatic heterocycles. The van der Waals surface area contributed by atoms with Gasteiger partial charge in [-0.15, -0.1) is 0 Å². The van der Waals surface area contributed by atoms with Gasteiger partial charge in [0.15, 0.2) is 0 Å². The van der Waals surface area contributed by atoms with E-state index in [1.807, 2.05) is 50.2 Å². The summed E-state index contributed by atoms with van der Waals surface area (Å²) in [6.07, 6.45) is 0.718. The van der Waals surface area contributed by atoms with Gasteiger partial charge in [0.2, 0.25) is 15.9 Å². The van der Waals surface area contributed by atoms with Crippen molar-refractivity contribution in [3.05, 3.63) is 58.1 Å². The maximum absolute atomic E-state index is 13.3. The monoisotopic (exact) mass is 450 g/mol. The van der Waals surface area contributed by atoms with E-state index >= 15 is 0 Å². The Morgan fingerprint density at radius 1 is 1.26 bits per heavy atom. The highest BCUT2D eigenvalue weighted by Gasteiger charge is 2.33. The molecule has 1 aliphatic rings. The first-order valence-electron chi connectivity index (χ1n) is 8.92. The molecule has 0 radical (unpaired) electrons. The summed E-state index contributed by atoms with van der Waals surface area (Å²) < 4.78 is 28.7. The highest BCUT2D eigenvalue weighted by molar-refractivity contribution is 9.10. The van der Waals surface area contributed by atoms with Crippen LogP contribution < -0.4 is 4.90 Å². The summed E-state index contributed by atoms with van der Waals surface area (Å²) in [6, 6.07) is 13.0. The van der Waals surface area contributed by atoms with Gasteiger partial charge in [-0.05, 0) is 52.5 Å². The number of carbonyl (C=O) groups is 1. The van der Waals surface area contributed by atoms with E-state index in [-0.39, 0.29) is 16.8 Å². The number of halogens is 1. The molecule has 5 nitrogen and oxygen atoms in total. The summed E-state index contributed by atoms with van der Waals surface area (Å²) in [5.74, 6) is -0.0800. The van der Waals surface area contributed by atoms with Crippen LogP contribution >= 0.6 is 15.9 Å². The molecule has 1 aliphatic heterocycles. The fourth-order valence-electron chi connectivity index (χ4n) is 3.59. The SMILES string of the molecule is CCN(Cc1ccccc1)S(=O)(=O)c1cc2c(cc1Br)C[C@@H](C)N2C(C)=O. The van der Waals surface area contributed by atoms with Gasteiger partial charge in [-0.3, -0.25) is 4.79 Å². The molecule has 0 unspecified atom stereocenters. The number of hydrogen-bond acceptors (Lipinski definition) is 3. The van der Waals surface area contributed by atoms with Crippen LogP contribution in [0, 0.1) is 0 Å². The molecule has 0 saturated carbocycles. The van der Waals surface area contributed by atoms with Gasteiger partial charge in [0.05, 0.1) is 4.90 Å². The number of sulfonamides is 1. The summed E-state index contributed by atoms with van der Waals surface area (Å²) in [5.41, 5.74) is 2.60. The summed E-state index contributed by atoms with van der Waals surface area (Å²) in [6.45, 7) is 5.96. The lowest BCUT2D eigenvalue weighted by Gasteiger charge is -2.24. The van der Waals surface area contributed by atoms with Crippen molar-refractivity contribution >= 4 is 37.5 Å². The molecular formula is C20H23BrN2O3S. The van der Waals surface area contributed by atoms with Crippen molar-refractivity contribution in [1.29, 1.82) is 0 Å². The molecule has 0 spiro atoms. The zero-order valence-corrected chi connectivity index (χ0v) is 18.0. The Kier molecular flexibility index (Phi) is 5.74. The summed E-state index contributed by atoms with van der Waals surface area (Å²) in [5, 5.41) is 0. The molecule has 7 heteroatoms. The van der Waals surface area contributed by atoms with E-state index in [1.165, 1.54) is 11.2 Å². The van der Waals surface area contributed by atoms with Gasteiger partial charge in [0.1, 0.15) is 0 Å². The minimum atomic E-state index is -3.72. The molecule has 0 aliphatic carbocycles. The lowest BCUT2D eigenvalue weighted by Crippen LogP contribution is -2.34. The van der Waals surface area contributed by atoms with Crippen molar-refractivity contribution in [2.75, 3.05) is 11.4 Å². The molecule has 0 fully saturated rings. The van der Waals surface area contributed by atoms with Crippen molar-refractivity contribution in [1.82, 2.24) is 4.31 Å². The number of amides is 1. The predicted molar refractivity (Wildman–Crippen MR) is 110 cm³/mol. The number of hydrogen-bond donors (Lipinski definition) is 0. The summed E-state index contributed by atoms with van der Waals surface area (Å²) in [7, 11) is -3.72. The van der Waals surface area contributed by atoms with E-state index < -0.39 is 10.0 Å². The van der Waals surface area contributed by atoms with E-state index in [4.69, 9.17) is 0 Å². The molecule has 3 rings (SSSR count). The molecule has 0 N–H and O–H groups in total.